The number of ether oxygens (including phenoxy) is 3. The minimum Gasteiger partial charge on any atom is -0.497 e. The molecule has 0 amide bonds. The van der Waals surface area contributed by atoms with Gasteiger partial charge >= 0.3 is 0 Å². The van der Waals surface area contributed by atoms with E-state index in [1.807, 2.05) is 43.4 Å². The van der Waals surface area contributed by atoms with Gasteiger partial charge in [0.2, 0.25) is 0 Å². The lowest BCUT2D eigenvalue weighted by atomic mass is 10.0. The first-order valence-electron chi connectivity index (χ1n) is 9.87. The SMILES string of the molecule is CN=C(NCC(c1ccccc1OC)N(C)C)N(C)Cc1ccc(OC)cc1OC. The van der Waals surface area contributed by atoms with Crippen LogP contribution in [0, 0.1) is 0 Å². The van der Waals surface area contributed by atoms with Crippen molar-refractivity contribution in [2.75, 3.05) is 56.1 Å². The van der Waals surface area contributed by atoms with Crippen LogP contribution in [0.5, 0.6) is 17.2 Å². The average Bonchev–Trinajstić information content (AvgIpc) is 2.76. The summed E-state index contributed by atoms with van der Waals surface area (Å²) in [6, 6.07) is 14.1. The van der Waals surface area contributed by atoms with Crippen molar-refractivity contribution in [1.29, 1.82) is 0 Å². The summed E-state index contributed by atoms with van der Waals surface area (Å²) in [7, 11) is 12.9. The van der Waals surface area contributed by atoms with Gasteiger partial charge in [-0.3, -0.25) is 4.99 Å². The summed E-state index contributed by atoms with van der Waals surface area (Å²) in [5.41, 5.74) is 2.19. The molecular weight excluding hydrogens is 380 g/mol. The molecule has 2 aromatic rings. The molecule has 7 heteroatoms. The molecule has 0 aliphatic heterocycles. The molecule has 0 radical (unpaired) electrons. The van der Waals surface area contributed by atoms with E-state index in [1.54, 1.807) is 28.4 Å². The lowest BCUT2D eigenvalue weighted by Gasteiger charge is -2.29. The summed E-state index contributed by atoms with van der Waals surface area (Å²) in [6.07, 6.45) is 0. The molecule has 1 atom stereocenters. The van der Waals surface area contributed by atoms with Gasteiger partial charge in [-0.1, -0.05) is 18.2 Å². The Balaban J connectivity index is 2.12. The Morgan fingerprint density at radius 3 is 2.27 bits per heavy atom. The smallest absolute Gasteiger partial charge is 0.193 e. The van der Waals surface area contributed by atoms with Gasteiger partial charge in [-0.2, -0.15) is 0 Å². The number of rotatable bonds is 9. The first-order valence-corrected chi connectivity index (χ1v) is 9.87. The first-order chi connectivity index (χ1) is 14.4. The third-order valence-corrected chi connectivity index (χ3v) is 5.05. The number of benzene rings is 2. The van der Waals surface area contributed by atoms with Crippen molar-refractivity contribution in [1.82, 2.24) is 15.1 Å². The molecular formula is C23H34N4O3. The highest BCUT2D eigenvalue weighted by atomic mass is 16.5. The van der Waals surface area contributed by atoms with Crippen LogP contribution < -0.4 is 19.5 Å². The van der Waals surface area contributed by atoms with Crippen molar-refractivity contribution in [3.63, 3.8) is 0 Å². The highest BCUT2D eigenvalue weighted by Crippen LogP contribution is 2.28. The minimum absolute atomic E-state index is 0.127. The molecule has 0 spiro atoms. The van der Waals surface area contributed by atoms with Gasteiger partial charge in [0, 0.05) is 44.4 Å². The summed E-state index contributed by atoms with van der Waals surface area (Å²) >= 11 is 0. The topological polar surface area (TPSA) is 58.6 Å². The highest BCUT2D eigenvalue weighted by Gasteiger charge is 2.19. The second-order valence-corrected chi connectivity index (χ2v) is 7.18. The van der Waals surface area contributed by atoms with E-state index >= 15 is 0 Å². The first kappa shape index (κ1) is 23.3. The number of nitrogens with zero attached hydrogens (tertiary/aromatic N) is 3. The van der Waals surface area contributed by atoms with Crippen LogP contribution in [0.3, 0.4) is 0 Å². The van der Waals surface area contributed by atoms with E-state index in [9.17, 15) is 0 Å². The van der Waals surface area contributed by atoms with Crippen LogP contribution in [0.15, 0.2) is 47.5 Å². The molecule has 2 rings (SSSR count). The van der Waals surface area contributed by atoms with Gasteiger partial charge in [0.15, 0.2) is 5.96 Å². The predicted molar refractivity (Wildman–Crippen MR) is 122 cm³/mol. The summed E-state index contributed by atoms with van der Waals surface area (Å²) in [6.45, 7) is 1.33. The fourth-order valence-electron chi connectivity index (χ4n) is 3.40. The van der Waals surface area contributed by atoms with Crippen LogP contribution in [0.25, 0.3) is 0 Å². The van der Waals surface area contributed by atoms with Crippen LogP contribution in [0.2, 0.25) is 0 Å². The molecule has 0 fully saturated rings. The van der Waals surface area contributed by atoms with Crippen molar-refractivity contribution >= 4 is 5.96 Å². The fourth-order valence-corrected chi connectivity index (χ4v) is 3.40. The quantitative estimate of drug-likeness (QED) is 0.503. The van der Waals surface area contributed by atoms with Gasteiger partial charge in [-0.25, -0.2) is 0 Å². The number of hydrogen-bond donors (Lipinski definition) is 1. The number of guanidine groups is 1. The number of hydrogen-bond acceptors (Lipinski definition) is 5. The van der Waals surface area contributed by atoms with E-state index in [1.165, 1.54) is 0 Å². The van der Waals surface area contributed by atoms with E-state index in [2.05, 4.69) is 40.3 Å². The van der Waals surface area contributed by atoms with Crippen LogP contribution in [-0.4, -0.2) is 71.8 Å². The van der Waals surface area contributed by atoms with Crippen molar-refractivity contribution in [3.8, 4) is 17.2 Å². The predicted octanol–water partition coefficient (Wildman–Crippen LogP) is 3.02. The summed E-state index contributed by atoms with van der Waals surface area (Å²) in [4.78, 5) is 8.70. The number of aliphatic imine (C=N–C) groups is 1. The fraction of sp³-hybridized carbons (Fsp3) is 0.435. The molecule has 2 aromatic carbocycles. The molecule has 0 aromatic heterocycles. The Kier molecular flexibility index (Phi) is 8.80. The maximum Gasteiger partial charge on any atom is 0.193 e. The molecule has 0 heterocycles. The summed E-state index contributed by atoms with van der Waals surface area (Å²) < 4.78 is 16.4. The molecule has 0 aliphatic rings. The maximum absolute atomic E-state index is 5.56. The van der Waals surface area contributed by atoms with E-state index in [-0.39, 0.29) is 6.04 Å². The molecule has 0 saturated carbocycles. The largest absolute Gasteiger partial charge is 0.497 e. The zero-order valence-corrected chi connectivity index (χ0v) is 19.1. The number of methoxy groups -OCH3 is 3. The Labute approximate surface area is 180 Å². The highest BCUT2D eigenvalue weighted by molar-refractivity contribution is 5.79. The zero-order valence-electron chi connectivity index (χ0n) is 19.1. The van der Waals surface area contributed by atoms with Crippen LogP contribution in [-0.2, 0) is 6.54 Å². The standard InChI is InChI=1S/C23H34N4O3/c1-24-23(27(4)16-17-12-13-18(28-5)14-22(17)30-7)25-15-20(26(2)3)19-10-8-9-11-21(19)29-6/h8-14,20H,15-16H2,1-7H3,(H,24,25). The lowest BCUT2D eigenvalue weighted by Crippen LogP contribution is -2.42. The van der Waals surface area contributed by atoms with E-state index in [0.29, 0.717) is 13.1 Å². The van der Waals surface area contributed by atoms with Crippen LogP contribution in [0.1, 0.15) is 17.2 Å². The average molecular weight is 415 g/mol. The Bertz CT molecular complexity index is 839. The minimum atomic E-state index is 0.127. The second-order valence-electron chi connectivity index (χ2n) is 7.18. The van der Waals surface area contributed by atoms with Crippen LogP contribution >= 0.6 is 0 Å². The van der Waals surface area contributed by atoms with Gasteiger partial charge in [-0.05, 0) is 32.3 Å². The molecule has 0 bridgehead atoms. The lowest BCUT2D eigenvalue weighted by molar-refractivity contribution is 0.285. The second kappa shape index (κ2) is 11.3. The van der Waals surface area contributed by atoms with E-state index in [0.717, 1.165) is 34.3 Å². The monoisotopic (exact) mass is 414 g/mol. The Morgan fingerprint density at radius 2 is 1.67 bits per heavy atom. The third kappa shape index (κ3) is 5.79. The normalized spacial score (nSPS) is 12.5. The molecule has 30 heavy (non-hydrogen) atoms. The molecule has 7 nitrogen and oxygen atoms in total. The van der Waals surface area contributed by atoms with Gasteiger partial charge in [0.25, 0.3) is 0 Å². The van der Waals surface area contributed by atoms with Crippen molar-refractivity contribution in [2.45, 2.75) is 12.6 Å². The zero-order chi connectivity index (χ0) is 22.1. The summed E-state index contributed by atoms with van der Waals surface area (Å²) in [5.74, 6) is 3.24. The van der Waals surface area contributed by atoms with E-state index in [4.69, 9.17) is 14.2 Å². The van der Waals surface area contributed by atoms with E-state index < -0.39 is 0 Å². The Morgan fingerprint density at radius 1 is 0.967 bits per heavy atom. The molecule has 164 valence electrons. The number of likely N-dealkylation sites (N-methyl/N-ethyl adjacent to an activating group) is 1. The van der Waals surface area contributed by atoms with Gasteiger partial charge in [0.05, 0.1) is 27.4 Å². The van der Waals surface area contributed by atoms with Crippen molar-refractivity contribution in [3.05, 3.63) is 53.6 Å². The van der Waals surface area contributed by atoms with Crippen molar-refractivity contribution in [2.24, 2.45) is 4.99 Å². The molecule has 0 aliphatic carbocycles. The van der Waals surface area contributed by atoms with Gasteiger partial charge < -0.3 is 29.3 Å². The van der Waals surface area contributed by atoms with Crippen molar-refractivity contribution < 1.29 is 14.2 Å². The third-order valence-electron chi connectivity index (χ3n) is 5.05. The Hall–Kier alpha value is -2.93. The molecule has 0 saturated heterocycles. The van der Waals surface area contributed by atoms with Crippen LogP contribution in [0.4, 0.5) is 0 Å². The molecule has 1 N–H and O–H groups in total. The van der Waals surface area contributed by atoms with Gasteiger partial charge in [0.1, 0.15) is 17.2 Å². The number of nitrogens with one attached hydrogen (secondary N) is 1. The van der Waals surface area contributed by atoms with Gasteiger partial charge in [-0.15, -0.1) is 0 Å². The number of para-hydroxylation sites is 1. The summed E-state index contributed by atoms with van der Waals surface area (Å²) in [5, 5.41) is 3.49. The molecule has 1 unspecified atom stereocenters. The maximum atomic E-state index is 5.56.